The molecule has 1 fully saturated rings. The van der Waals surface area contributed by atoms with Crippen LogP contribution in [0.1, 0.15) is 37.7 Å². The maximum Gasteiger partial charge on any atom is 0.344 e. The highest BCUT2D eigenvalue weighted by molar-refractivity contribution is 6.07. The summed E-state index contributed by atoms with van der Waals surface area (Å²) < 4.78 is 7.50. The molecule has 1 aromatic carbocycles. The minimum absolute atomic E-state index is 0.0474. The number of carbonyl (C=O) groups excluding carboxylic acids is 1. The largest absolute Gasteiger partial charge is 0.420 e. The number of hydrogen-bond acceptors (Lipinski definition) is 4. The fourth-order valence-corrected chi connectivity index (χ4v) is 3.78. The lowest BCUT2D eigenvalue weighted by Crippen LogP contribution is -2.02. The minimum atomic E-state index is -0.541. The van der Waals surface area contributed by atoms with E-state index >= 15 is 0 Å². The summed E-state index contributed by atoms with van der Waals surface area (Å²) in [5.41, 5.74) is 6.29. The molecule has 29 heavy (non-hydrogen) atoms. The Balaban J connectivity index is 2.27. The summed E-state index contributed by atoms with van der Waals surface area (Å²) >= 11 is 0. The number of rotatable bonds is 2. The Bertz CT molecular complexity index is 1170. The molecule has 1 aliphatic heterocycles. The van der Waals surface area contributed by atoms with Crippen molar-refractivity contribution in [3.8, 4) is 17.8 Å². The average molecular weight is 383 g/mol. The molecule has 1 saturated heterocycles. The lowest BCUT2D eigenvalue weighted by Gasteiger charge is -2.11. The molecule has 0 unspecified atom stereocenters. The van der Waals surface area contributed by atoms with Crippen LogP contribution in [0.5, 0.6) is 0 Å². The Kier molecular flexibility index (Phi) is 5.26. The van der Waals surface area contributed by atoms with Gasteiger partial charge in [0, 0.05) is 22.6 Å². The Hall–Kier alpha value is -3.83. The van der Waals surface area contributed by atoms with Gasteiger partial charge in [-0.1, -0.05) is 23.8 Å². The molecule has 0 spiro atoms. The van der Waals surface area contributed by atoms with Crippen LogP contribution in [-0.4, -0.2) is 10.5 Å². The summed E-state index contributed by atoms with van der Waals surface area (Å²) in [6.07, 6.45) is 0. The van der Waals surface area contributed by atoms with Crippen LogP contribution < -0.4 is 0 Å². The third-order valence-electron chi connectivity index (χ3n) is 5.05. The summed E-state index contributed by atoms with van der Waals surface area (Å²) in [6, 6.07) is 15.7. The lowest BCUT2D eigenvalue weighted by molar-refractivity contribution is -0.132. The van der Waals surface area contributed by atoms with Crippen molar-refractivity contribution in [2.24, 2.45) is 0 Å². The molecule has 0 atom stereocenters. The lowest BCUT2D eigenvalue weighted by atomic mass is 9.93. The van der Waals surface area contributed by atoms with E-state index in [2.05, 4.69) is 4.57 Å². The van der Waals surface area contributed by atoms with E-state index in [9.17, 15) is 15.3 Å². The zero-order chi connectivity index (χ0) is 21.3. The second kappa shape index (κ2) is 7.66. The summed E-state index contributed by atoms with van der Waals surface area (Å²) in [6.45, 7) is 9.58. The third-order valence-corrected chi connectivity index (χ3v) is 5.05. The molecular formula is C24H21N3O2. The van der Waals surface area contributed by atoms with E-state index in [1.165, 1.54) is 0 Å². The van der Waals surface area contributed by atoms with E-state index in [0.29, 0.717) is 11.1 Å². The predicted octanol–water partition coefficient (Wildman–Crippen LogP) is 5.06. The number of carbonyl (C=O) groups is 1. The topological polar surface area (TPSA) is 78.8 Å². The number of hydrogen-bond donors (Lipinski definition) is 0. The Morgan fingerprint density at radius 2 is 1.62 bits per heavy atom. The quantitative estimate of drug-likeness (QED) is 0.412. The molecule has 0 amide bonds. The van der Waals surface area contributed by atoms with Crippen molar-refractivity contribution in [3.05, 3.63) is 81.4 Å². The van der Waals surface area contributed by atoms with Gasteiger partial charge >= 0.3 is 5.97 Å². The van der Waals surface area contributed by atoms with Gasteiger partial charge in [0.2, 0.25) is 0 Å². The van der Waals surface area contributed by atoms with Gasteiger partial charge in [-0.05, 0) is 64.0 Å². The number of aryl methyl sites for hydroxylation is 1. The first-order valence-electron chi connectivity index (χ1n) is 9.22. The van der Waals surface area contributed by atoms with Gasteiger partial charge in [0.05, 0.1) is 5.57 Å². The Morgan fingerprint density at radius 1 is 1.00 bits per heavy atom. The second-order valence-electron chi connectivity index (χ2n) is 7.15. The van der Waals surface area contributed by atoms with E-state index in [1.807, 2.05) is 83.2 Å². The number of ether oxygens (including phenoxy) is 1. The summed E-state index contributed by atoms with van der Waals surface area (Å²) in [7, 11) is 0. The van der Waals surface area contributed by atoms with Crippen LogP contribution in [0.3, 0.4) is 0 Å². The van der Waals surface area contributed by atoms with Crippen molar-refractivity contribution < 1.29 is 9.53 Å². The Morgan fingerprint density at radius 3 is 2.17 bits per heavy atom. The highest BCUT2D eigenvalue weighted by Crippen LogP contribution is 2.40. The molecule has 0 N–H and O–H groups in total. The number of allylic oxidation sites excluding steroid dienone is 4. The van der Waals surface area contributed by atoms with Gasteiger partial charge < -0.3 is 9.30 Å². The second-order valence-corrected chi connectivity index (χ2v) is 7.15. The van der Waals surface area contributed by atoms with Crippen LogP contribution in [-0.2, 0) is 9.53 Å². The van der Waals surface area contributed by atoms with Crippen LogP contribution in [0.4, 0.5) is 0 Å². The standard InChI is InChI=1S/C24H21N3O2/c1-14(2)21-22(24(28)29-23(21)18(12-25)13-26)16(4)20-11-15(3)27(17(20)5)19-9-7-6-8-10-19/h6-11H,1-5H3/b22-16-. The summed E-state index contributed by atoms with van der Waals surface area (Å²) in [5.74, 6) is -0.493. The van der Waals surface area contributed by atoms with Gasteiger partial charge in [-0.15, -0.1) is 0 Å². The number of para-hydroxylation sites is 1. The van der Waals surface area contributed by atoms with Crippen LogP contribution >= 0.6 is 0 Å². The first kappa shape index (κ1) is 19.9. The Labute approximate surface area is 170 Å². The highest BCUT2D eigenvalue weighted by atomic mass is 16.5. The highest BCUT2D eigenvalue weighted by Gasteiger charge is 2.36. The number of nitriles is 2. The molecule has 5 heteroatoms. The van der Waals surface area contributed by atoms with E-state index in [1.54, 1.807) is 0 Å². The predicted molar refractivity (Wildman–Crippen MR) is 111 cm³/mol. The van der Waals surface area contributed by atoms with Gasteiger partial charge in [0.25, 0.3) is 0 Å². The van der Waals surface area contributed by atoms with Gasteiger partial charge in [-0.25, -0.2) is 4.79 Å². The van der Waals surface area contributed by atoms with Crippen LogP contribution in [0.15, 0.2) is 64.4 Å². The van der Waals surface area contributed by atoms with E-state index < -0.39 is 5.97 Å². The van der Waals surface area contributed by atoms with Crippen molar-refractivity contribution in [1.82, 2.24) is 4.57 Å². The van der Waals surface area contributed by atoms with Gasteiger partial charge in [0.1, 0.15) is 12.1 Å². The SMILES string of the molecule is CC(C)=C1C(=C(C#N)C#N)OC(=O)/C1=C(/C)c1cc(C)n(-c2ccccc2)c1C. The molecule has 0 radical (unpaired) electrons. The number of cyclic esters (lactones) is 1. The van der Waals surface area contributed by atoms with Crippen molar-refractivity contribution >= 4 is 11.5 Å². The van der Waals surface area contributed by atoms with E-state index in [0.717, 1.165) is 33.8 Å². The number of esters is 1. The molecule has 0 aliphatic carbocycles. The van der Waals surface area contributed by atoms with Crippen LogP contribution in [0.25, 0.3) is 11.3 Å². The molecule has 1 aliphatic rings. The first-order valence-corrected chi connectivity index (χ1v) is 9.22. The number of nitrogens with zero attached hydrogens (tertiary/aromatic N) is 3. The smallest absolute Gasteiger partial charge is 0.344 e. The van der Waals surface area contributed by atoms with Gasteiger partial charge in [-0.2, -0.15) is 10.5 Å². The first-order chi connectivity index (χ1) is 13.8. The monoisotopic (exact) mass is 383 g/mol. The van der Waals surface area contributed by atoms with Crippen molar-refractivity contribution in [2.75, 3.05) is 0 Å². The molecule has 3 rings (SSSR count). The fourth-order valence-electron chi connectivity index (χ4n) is 3.78. The molecule has 2 aromatic rings. The molecule has 144 valence electrons. The van der Waals surface area contributed by atoms with E-state index in [4.69, 9.17) is 4.74 Å². The number of benzene rings is 1. The molecule has 1 aromatic heterocycles. The molecule has 0 saturated carbocycles. The molecule has 0 bridgehead atoms. The normalized spacial score (nSPS) is 14.9. The maximum atomic E-state index is 12.7. The van der Waals surface area contributed by atoms with Crippen molar-refractivity contribution in [2.45, 2.75) is 34.6 Å². The van der Waals surface area contributed by atoms with Crippen LogP contribution in [0, 0.1) is 36.5 Å². The average Bonchev–Trinajstić information content (AvgIpc) is 3.19. The van der Waals surface area contributed by atoms with Crippen molar-refractivity contribution in [1.29, 1.82) is 10.5 Å². The van der Waals surface area contributed by atoms with E-state index in [-0.39, 0.29) is 11.3 Å². The molecule has 2 heterocycles. The zero-order valence-corrected chi connectivity index (χ0v) is 17.1. The number of aromatic nitrogens is 1. The van der Waals surface area contributed by atoms with Gasteiger partial charge in [0.15, 0.2) is 11.3 Å². The maximum absolute atomic E-state index is 12.7. The summed E-state index contributed by atoms with van der Waals surface area (Å²) in [5, 5.41) is 18.5. The molecule has 5 nitrogen and oxygen atoms in total. The van der Waals surface area contributed by atoms with Crippen LogP contribution in [0.2, 0.25) is 0 Å². The minimum Gasteiger partial charge on any atom is -0.420 e. The third kappa shape index (κ3) is 3.28. The summed E-state index contributed by atoms with van der Waals surface area (Å²) in [4.78, 5) is 12.7. The van der Waals surface area contributed by atoms with Crippen molar-refractivity contribution in [3.63, 3.8) is 0 Å². The van der Waals surface area contributed by atoms with Gasteiger partial charge in [-0.3, -0.25) is 0 Å². The fraction of sp³-hybridized carbons (Fsp3) is 0.208. The molecular weight excluding hydrogens is 362 g/mol. The zero-order valence-electron chi connectivity index (χ0n) is 17.1.